The van der Waals surface area contributed by atoms with Crippen LogP contribution in [0.1, 0.15) is 12.0 Å². The highest BCUT2D eigenvalue weighted by molar-refractivity contribution is 6.30. The Morgan fingerprint density at radius 2 is 1.90 bits per heavy atom. The van der Waals surface area contributed by atoms with Crippen LogP contribution in [0.5, 0.6) is 0 Å². The summed E-state index contributed by atoms with van der Waals surface area (Å²) in [4.78, 5) is 13.7. The zero-order valence-electron chi connectivity index (χ0n) is 16.4. The number of halogens is 4. The van der Waals surface area contributed by atoms with Gasteiger partial charge in [0.25, 0.3) is 0 Å². The van der Waals surface area contributed by atoms with Gasteiger partial charge in [0.1, 0.15) is 0 Å². The third-order valence-electron chi connectivity index (χ3n) is 4.70. The Labute approximate surface area is 177 Å². The normalized spacial score (nSPS) is 18.0. The van der Waals surface area contributed by atoms with Crippen LogP contribution in [0.2, 0.25) is 5.02 Å². The summed E-state index contributed by atoms with van der Waals surface area (Å²) >= 11 is 5.93. The number of aromatic nitrogens is 2. The minimum atomic E-state index is -5.08. The van der Waals surface area contributed by atoms with Crippen molar-refractivity contribution in [3.05, 3.63) is 47.2 Å². The van der Waals surface area contributed by atoms with Gasteiger partial charge in [-0.25, -0.2) is 9.48 Å². The van der Waals surface area contributed by atoms with E-state index in [1.54, 1.807) is 0 Å². The number of rotatable bonds is 5. The standard InChI is InChI=1S/C17H23ClN4O.C2HF3O2/c1-20-7-8-21(13-17(20)6-9-23)11-14-10-19-22(12-14)16-4-2-15(18)3-5-16;3-2(4,5)1(6)7/h2-5,10,12,17,23H,6-9,11,13H2,1H3;(H,6,7). The summed E-state index contributed by atoms with van der Waals surface area (Å²) in [6, 6.07) is 8.11. The quantitative estimate of drug-likeness (QED) is 0.732. The average Bonchev–Trinajstić information content (AvgIpc) is 3.13. The van der Waals surface area contributed by atoms with Crippen LogP contribution in [0.15, 0.2) is 36.7 Å². The molecule has 1 saturated heterocycles. The highest BCUT2D eigenvalue weighted by Crippen LogP contribution is 2.16. The van der Waals surface area contributed by atoms with Crippen LogP contribution in [0.4, 0.5) is 13.2 Å². The van der Waals surface area contributed by atoms with Crippen LogP contribution in [0, 0.1) is 0 Å². The molecular weight excluding hydrogens is 425 g/mol. The zero-order valence-corrected chi connectivity index (χ0v) is 17.1. The second-order valence-electron chi connectivity index (χ2n) is 6.95. The van der Waals surface area contributed by atoms with E-state index in [9.17, 15) is 18.3 Å². The highest BCUT2D eigenvalue weighted by atomic mass is 35.5. The van der Waals surface area contributed by atoms with Crippen LogP contribution in [0.25, 0.3) is 5.69 Å². The van der Waals surface area contributed by atoms with E-state index in [1.165, 1.54) is 5.56 Å². The number of aliphatic hydroxyl groups excluding tert-OH is 1. The van der Waals surface area contributed by atoms with Gasteiger partial charge in [0.15, 0.2) is 0 Å². The summed E-state index contributed by atoms with van der Waals surface area (Å²) in [5.74, 6) is -2.76. The summed E-state index contributed by atoms with van der Waals surface area (Å²) in [5, 5.41) is 21.5. The Hall–Kier alpha value is -2.14. The molecule has 1 aliphatic heterocycles. The first-order valence-electron chi connectivity index (χ1n) is 9.23. The number of carboxylic acids is 1. The molecule has 7 nitrogen and oxygen atoms in total. The van der Waals surface area contributed by atoms with Gasteiger partial charge < -0.3 is 15.1 Å². The first-order chi connectivity index (χ1) is 14.1. The Bertz CT molecular complexity index is 814. The number of carboxylic acid groups (broad SMARTS) is 1. The van der Waals surface area contributed by atoms with Gasteiger partial charge >= 0.3 is 12.1 Å². The summed E-state index contributed by atoms with van der Waals surface area (Å²) in [7, 11) is 2.14. The number of aliphatic carboxylic acids is 1. The van der Waals surface area contributed by atoms with Crippen LogP contribution in [-0.2, 0) is 11.3 Å². The van der Waals surface area contributed by atoms with Crippen molar-refractivity contribution >= 4 is 17.6 Å². The van der Waals surface area contributed by atoms with Gasteiger partial charge in [-0.2, -0.15) is 18.3 Å². The number of likely N-dealkylation sites (N-methyl/N-ethyl adjacent to an activating group) is 1. The lowest BCUT2D eigenvalue weighted by molar-refractivity contribution is -0.192. The molecule has 0 amide bonds. The largest absolute Gasteiger partial charge is 0.490 e. The molecule has 3 rings (SSSR count). The lowest BCUT2D eigenvalue weighted by Gasteiger charge is -2.39. The fraction of sp³-hybridized carbons (Fsp3) is 0.474. The first kappa shape index (κ1) is 24.1. The Morgan fingerprint density at radius 3 is 2.47 bits per heavy atom. The van der Waals surface area contributed by atoms with Gasteiger partial charge in [0.05, 0.1) is 11.9 Å². The fourth-order valence-electron chi connectivity index (χ4n) is 3.05. The Morgan fingerprint density at radius 1 is 1.27 bits per heavy atom. The monoisotopic (exact) mass is 448 g/mol. The number of alkyl halides is 3. The molecular formula is C19H24ClF3N4O3. The number of carbonyl (C=O) groups is 1. The van der Waals surface area contributed by atoms with Crippen molar-refractivity contribution in [2.45, 2.75) is 25.2 Å². The number of hydrogen-bond donors (Lipinski definition) is 2. The molecule has 0 bridgehead atoms. The Balaban J connectivity index is 0.000000396. The van der Waals surface area contributed by atoms with Crippen LogP contribution < -0.4 is 0 Å². The van der Waals surface area contributed by atoms with Crippen LogP contribution in [-0.4, -0.2) is 81.3 Å². The number of piperazine rings is 1. The molecule has 0 saturated carbocycles. The van der Waals surface area contributed by atoms with E-state index in [1.807, 2.05) is 35.1 Å². The molecule has 11 heteroatoms. The van der Waals surface area contributed by atoms with Crippen molar-refractivity contribution in [1.82, 2.24) is 19.6 Å². The predicted octanol–water partition coefficient (Wildman–Crippen LogP) is 2.66. The molecule has 1 fully saturated rings. The summed E-state index contributed by atoms with van der Waals surface area (Å²) < 4.78 is 33.6. The molecule has 166 valence electrons. The lowest BCUT2D eigenvalue weighted by atomic mass is 10.1. The molecule has 2 N–H and O–H groups in total. The van der Waals surface area contributed by atoms with Crippen molar-refractivity contribution in [2.75, 3.05) is 33.3 Å². The molecule has 1 aliphatic rings. The van der Waals surface area contributed by atoms with E-state index >= 15 is 0 Å². The molecule has 1 aromatic carbocycles. The smallest absolute Gasteiger partial charge is 0.475 e. The Kier molecular flexibility index (Phi) is 8.65. The first-order valence-corrected chi connectivity index (χ1v) is 9.61. The molecule has 0 radical (unpaired) electrons. The third-order valence-corrected chi connectivity index (χ3v) is 4.95. The molecule has 2 heterocycles. The van der Waals surface area contributed by atoms with Gasteiger partial charge in [0.2, 0.25) is 0 Å². The van der Waals surface area contributed by atoms with E-state index < -0.39 is 12.1 Å². The minimum Gasteiger partial charge on any atom is -0.475 e. The second-order valence-corrected chi connectivity index (χ2v) is 7.39. The number of aliphatic hydroxyl groups is 1. The second kappa shape index (κ2) is 10.8. The molecule has 30 heavy (non-hydrogen) atoms. The molecule has 1 aromatic heterocycles. The van der Waals surface area contributed by atoms with Crippen molar-refractivity contribution in [1.29, 1.82) is 0 Å². The van der Waals surface area contributed by atoms with Crippen LogP contribution >= 0.6 is 11.6 Å². The molecule has 2 aromatic rings. The van der Waals surface area contributed by atoms with E-state index in [2.05, 4.69) is 28.1 Å². The average molecular weight is 449 g/mol. The summed E-state index contributed by atoms with van der Waals surface area (Å²) in [6.45, 7) is 4.21. The summed E-state index contributed by atoms with van der Waals surface area (Å²) in [6.07, 6.45) is -0.256. The highest BCUT2D eigenvalue weighted by Gasteiger charge is 2.38. The van der Waals surface area contributed by atoms with E-state index in [4.69, 9.17) is 21.5 Å². The maximum atomic E-state index is 10.6. The summed E-state index contributed by atoms with van der Waals surface area (Å²) in [5.41, 5.74) is 2.21. The van der Waals surface area contributed by atoms with Crippen molar-refractivity contribution < 1.29 is 28.2 Å². The van der Waals surface area contributed by atoms with Gasteiger partial charge in [-0.15, -0.1) is 0 Å². The molecule has 0 aliphatic carbocycles. The lowest BCUT2D eigenvalue weighted by Crippen LogP contribution is -2.51. The topological polar surface area (TPSA) is 81.8 Å². The fourth-order valence-corrected chi connectivity index (χ4v) is 3.18. The van der Waals surface area contributed by atoms with Crippen molar-refractivity contribution in [3.8, 4) is 5.69 Å². The molecule has 1 atom stereocenters. The van der Waals surface area contributed by atoms with Gasteiger partial charge in [-0.3, -0.25) is 4.90 Å². The number of hydrogen-bond acceptors (Lipinski definition) is 5. The maximum Gasteiger partial charge on any atom is 0.490 e. The minimum absolute atomic E-state index is 0.247. The van der Waals surface area contributed by atoms with E-state index in [0.29, 0.717) is 6.04 Å². The van der Waals surface area contributed by atoms with Crippen LogP contribution in [0.3, 0.4) is 0 Å². The van der Waals surface area contributed by atoms with E-state index in [0.717, 1.165) is 43.3 Å². The number of nitrogens with zero attached hydrogens (tertiary/aromatic N) is 4. The van der Waals surface area contributed by atoms with Gasteiger partial charge in [-0.05, 0) is 37.7 Å². The number of benzene rings is 1. The third kappa shape index (κ3) is 7.28. The van der Waals surface area contributed by atoms with Gasteiger partial charge in [-0.1, -0.05) is 11.6 Å². The zero-order chi connectivity index (χ0) is 22.3. The van der Waals surface area contributed by atoms with E-state index in [-0.39, 0.29) is 6.61 Å². The molecule has 1 unspecified atom stereocenters. The predicted molar refractivity (Wildman–Crippen MR) is 106 cm³/mol. The maximum absolute atomic E-state index is 10.6. The van der Waals surface area contributed by atoms with Gasteiger partial charge in [0, 0.05) is 55.6 Å². The SMILES string of the molecule is CN1CCN(Cc2cnn(-c3ccc(Cl)cc3)c2)CC1CCO.O=C(O)C(F)(F)F. The molecule has 0 spiro atoms. The van der Waals surface area contributed by atoms with Crippen molar-refractivity contribution in [2.24, 2.45) is 0 Å². The van der Waals surface area contributed by atoms with Crippen molar-refractivity contribution in [3.63, 3.8) is 0 Å².